The van der Waals surface area contributed by atoms with Crippen molar-refractivity contribution in [2.75, 3.05) is 6.54 Å². The van der Waals surface area contributed by atoms with Crippen LogP contribution in [0.4, 0.5) is 4.39 Å². The normalized spacial score (nSPS) is 15.5. The van der Waals surface area contributed by atoms with Crippen LogP contribution in [0.15, 0.2) is 47.7 Å². The van der Waals surface area contributed by atoms with E-state index >= 15 is 0 Å². The third-order valence-corrected chi connectivity index (χ3v) is 3.17. The van der Waals surface area contributed by atoms with Gasteiger partial charge in [0.05, 0.1) is 16.4 Å². The Kier molecular flexibility index (Phi) is 3.43. The first-order chi connectivity index (χ1) is 8.54. The number of phenols is 1. The van der Waals surface area contributed by atoms with E-state index in [4.69, 9.17) is 11.6 Å². The molecule has 0 bridgehead atoms. The van der Waals surface area contributed by atoms with Crippen molar-refractivity contribution in [1.82, 2.24) is 4.90 Å². The Morgan fingerprint density at radius 1 is 1.39 bits per heavy atom. The fraction of sp³-hybridized carbons (Fsp3) is 0.143. The number of aromatic hydroxyl groups is 1. The monoisotopic (exact) mass is 265 g/mol. The number of likely N-dealkylation sites (N-methyl/N-ethyl adjacent to an activating group) is 1. The molecule has 1 aromatic carbocycles. The van der Waals surface area contributed by atoms with Gasteiger partial charge < -0.3 is 10.0 Å². The minimum Gasteiger partial charge on any atom is -0.508 e. The highest BCUT2D eigenvalue weighted by molar-refractivity contribution is 6.32. The van der Waals surface area contributed by atoms with E-state index < -0.39 is 5.82 Å². The molecule has 1 aromatic rings. The van der Waals surface area contributed by atoms with Crippen LogP contribution < -0.4 is 0 Å². The fourth-order valence-corrected chi connectivity index (χ4v) is 2.09. The first kappa shape index (κ1) is 12.7. The Morgan fingerprint density at radius 3 is 2.72 bits per heavy atom. The number of benzene rings is 1. The molecular formula is C14H13ClFNO. The van der Waals surface area contributed by atoms with Gasteiger partial charge in [-0.05, 0) is 31.2 Å². The van der Waals surface area contributed by atoms with Gasteiger partial charge in [0.25, 0.3) is 0 Å². The number of halogens is 2. The molecule has 18 heavy (non-hydrogen) atoms. The van der Waals surface area contributed by atoms with E-state index in [2.05, 4.69) is 6.58 Å². The second kappa shape index (κ2) is 4.86. The van der Waals surface area contributed by atoms with Crippen LogP contribution in [-0.2, 0) is 0 Å². The van der Waals surface area contributed by atoms with Crippen LogP contribution in [0.3, 0.4) is 0 Å². The average Bonchev–Trinajstić information content (AvgIpc) is 2.33. The summed E-state index contributed by atoms with van der Waals surface area (Å²) >= 11 is 6.00. The largest absolute Gasteiger partial charge is 0.508 e. The molecule has 0 saturated carbocycles. The molecule has 0 aromatic heterocycles. The van der Waals surface area contributed by atoms with Gasteiger partial charge >= 0.3 is 0 Å². The lowest BCUT2D eigenvalue weighted by Gasteiger charge is -2.30. The molecule has 0 atom stereocenters. The molecule has 0 spiro atoms. The summed E-state index contributed by atoms with van der Waals surface area (Å²) in [7, 11) is 0. The predicted octanol–water partition coefficient (Wildman–Crippen LogP) is 3.84. The van der Waals surface area contributed by atoms with Crippen molar-refractivity contribution in [3.63, 3.8) is 0 Å². The quantitative estimate of drug-likeness (QED) is 0.878. The van der Waals surface area contributed by atoms with E-state index in [1.54, 1.807) is 18.2 Å². The number of rotatable bonds is 2. The van der Waals surface area contributed by atoms with Crippen molar-refractivity contribution in [2.24, 2.45) is 0 Å². The van der Waals surface area contributed by atoms with E-state index in [0.717, 1.165) is 6.07 Å². The Labute approximate surface area is 110 Å². The molecule has 0 radical (unpaired) electrons. The number of hydrogen-bond acceptors (Lipinski definition) is 2. The maximum absolute atomic E-state index is 13.9. The Hall–Kier alpha value is -1.74. The van der Waals surface area contributed by atoms with Crippen LogP contribution in [0.1, 0.15) is 12.5 Å². The Balaban J connectivity index is 2.52. The lowest BCUT2D eigenvalue weighted by atomic mass is 10.1. The van der Waals surface area contributed by atoms with Gasteiger partial charge in [-0.25, -0.2) is 4.39 Å². The summed E-state index contributed by atoms with van der Waals surface area (Å²) in [6.45, 7) is 6.45. The second-order valence-corrected chi connectivity index (χ2v) is 4.33. The van der Waals surface area contributed by atoms with Crippen LogP contribution in [-0.4, -0.2) is 16.6 Å². The molecule has 1 heterocycles. The topological polar surface area (TPSA) is 23.5 Å². The summed E-state index contributed by atoms with van der Waals surface area (Å²) in [5, 5.41) is 9.77. The zero-order valence-electron chi connectivity index (χ0n) is 9.95. The standard InChI is InChI=1S/C14H13ClFNO/c1-3-17-9(2)12(15)6-7-14(17)11-5-4-10(18)8-13(11)16/h4-8,18H,2-3H2,1H3. The van der Waals surface area contributed by atoms with Crippen LogP contribution in [0.2, 0.25) is 0 Å². The highest BCUT2D eigenvalue weighted by atomic mass is 35.5. The lowest BCUT2D eigenvalue weighted by molar-refractivity contribution is 0.467. The van der Waals surface area contributed by atoms with Crippen molar-refractivity contribution >= 4 is 17.3 Å². The summed E-state index contributed by atoms with van der Waals surface area (Å²) in [5.41, 5.74) is 1.74. The molecule has 0 fully saturated rings. The van der Waals surface area contributed by atoms with Crippen LogP contribution in [0.5, 0.6) is 5.75 Å². The number of hydrogen-bond donors (Lipinski definition) is 1. The summed E-state index contributed by atoms with van der Waals surface area (Å²) in [5.74, 6) is -0.568. The minimum atomic E-state index is -0.473. The number of nitrogens with zero attached hydrogens (tertiary/aromatic N) is 1. The van der Waals surface area contributed by atoms with Crippen LogP contribution in [0.25, 0.3) is 5.70 Å². The van der Waals surface area contributed by atoms with Crippen molar-refractivity contribution in [3.05, 3.63) is 59.0 Å². The third kappa shape index (κ3) is 2.14. The van der Waals surface area contributed by atoms with E-state index in [-0.39, 0.29) is 5.75 Å². The zero-order valence-corrected chi connectivity index (χ0v) is 10.7. The van der Waals surface area contributed by atoms with Gasteiger partial charge in [0.15, 0.2) is 0 Å². The minimum absolute atomic E-state index is 0.0943. The van der Waals surface area contributed by atoms with Crippen LogP contribution >= 0.6 is 11.6 Å². The van der Waals surface area contributed by atoms with Gasteiger partial charge in [0, 0.05) is 18.2 Å². The van der Waals surface area contributed by atoms with E-state index in [1.807, 2.05) is 11.8 Å². The average molecular weight is 266 g/mol. The van der Waals surface area contributed by atoms with Crippen molar-refractivity contribution in [1.29, 1.82) is 0 Å². The van der Waals surface area contributed by atoms with Gasteiger partial charge in [-0.3, -0.25) is 0 Å². The highest BCUT2D eigenvalue weighted by Crippen LogP contribution is 2.33. The molecule has 1 aliphatic rings. The summed E-state index contributed by atoms with van der Waals surface area (Å²) in [4.78, 5) is 1.83. The molecular weight excluding hydrogens is 253 g/mol. The Morgan fingerprint density at radius 2 is 2.11 bits per heavy atom. The van der Waals surface area contributed by atoms with E-state index in [9.17, 15) is 9.50 Å². The SMILES string of the molecule is C=C1C(Cl)=CC=C(c2ccc(O)cc2F)N1CC. The number of allylic oxidation sites excluding steroid dienone is 3. The van der Waals surface area contributed by atoms with Gasteiger partial charge in [-0.2, -0.15) is 0 Å². The third-order valence-electron chi connectivity index (χ3n) is 2.82. The van der Waals surface area contributed by atoms with E-state index in [1.165, 1.54) is 6.07 Å². The molecule has 0 aliphatic carbocycles. The Bertz CT molecular complexity index is 563. The summed E-state index contributed by atoms with van der Waals surface area (Å²) in [6.07, 6.45) is 3.44. The molecule has 2 nitrogen and oxygen atoms in total. The predicted molar refractivity (Wildman–Crippen MR) is 71.5 cm³/mol. The molecule has 0 unspecified atom stereocenters. The molecule has 4 heteroatoms. The fourth-order valence-electron chi connectivity index (χ4n) is 1.92. The summed E-state index contributed by atoms with van der Waals surface area (Å²) in [6, 6.07) is 4.09. The smallest absolute Gasteiger partial charge is 0.136 e. The van der Waals surface area contributed by atoms with Crippen molar-refractivity contribution in [2.45, 2.75) is 6.92 Å². The molecule has 1 N–H and O–H groups in total. The maximum atomic E-state index is 13.9. The molecule has 2 rings (SSSR count). The van der Waals surface area contributed by atoms with Crippen molar-refractivity contribution in [3.8, 4) is 5.75 Å². The molecule has 94 valence electrons. The number of phenolic OH excluding ortho intramolecular Hbond substituents is 1. The maximum Gasteiger partial charge on any atom is 0.136 e. The summed E-state index contributed by atoms with van der Waals surface area (Å²) < 4.78 is 13.9. The molecule has 1 aliphatic heterocycles. The molecule has 0 amide bonds. The first-order valence-electron chi connectivity index (χ1n) is 5.57. The first-order valence-corrected chi connectivity index (χ1v) is 5.95. The van der Waals surface area contributed by atoms with Crippen LogP contribution in [0, 0.1) is 5.82 Å². The van der Waals surface area contributed by atoms with Gasteiger partial charge in [-0.15, -0.1) is 0 Å². The van der Waals surface area contributed by atoms with Crippen molar-refractivity contribution < 1.29 is 9.50 Å². The van der Waals surface area contributed by atoms with Gasteiger partial charge in [0.2, 0.25) is 0 Å². The lowest BCUT2D eigenvalue weighted by Crippen LogP contribution is -2.23. The van der Waals surface area contributed by atoms with E-state index in [0.29, 0.717) is 28.5 Å². The molecule has 0 saturated heterocycles. The zero-order chi connectivity index (χ0) is 13.3. The van der Waals surface area contributed by atoms with Gasteiger partial charge in [-0.1, -0.05) is 18.2 Å². The highest BCUT2D eigenvalue weighted by Gasteiger charge is 2.20. The van der Waals surface area contributed by atoms with Gasteiger partial charge in [0.1, 0.15) is 11.6 Å². The second-order valence-electron chi connectivity index (χ2n) is 3.92.